The molecule has 6 heteroatoms. The highest BCUT2D eigenvalue weighted by Gasteiger charge is 2.26. The van der Waals surface area contributed by atoms with E-state index in [-0.39, 0.29) is 27.0 Å². The SMILES string of the molecule is CCCCOc1c(N)c(Br)c(F)c(C)c1C(=O)Oc1ccccc1. The minimum Gasteiger partial charge on any atom is -0.490 e. The van der Waals surface area contributed by atoms with Crippen molar-refractivity contribution in [3.05, 3.63) is 51.7 Å². The van der Waals surface area contributed by atoms with Crippen LogP contribution in [0.4, 0.5) is 10.1 Å². The molecule has 24 heavy (non-hydrogen) atoms. The van der Waals surface area contributed by atoms with Crippen molar-refractivity contribution in [3.63, 3.8) is 0 Å². The number of para-hydroxylation sites is 1. The number of carbonyl (C=O) groups excluding carboxylic acids is 1. The highest BCUT2D eigenvalue weighted by atomic mass is 79.9. The third-order valence-corrected chi connectivity index (χ3v) is 4.28. The molecule has 128 valence electrons. The monoisotopic (exact) mass is 395 g/mol. The van der Waals surface area contributed by atoms with Gasteiger partial charge < -0.3 is 15.2 Å². The first-order valence-electron chi connectivity index (χ1n) is 7.64. The zero-order valence-corrected chi connectivity index (χ0v) is 15.2. The van der Waals surface area contributed by atoms with E-state index in [0.717, 1.165) is 12.8 Å². The van der Waals surface area contributed by atoms with Gasteiger partial charge in [-0.1, -0.05) is 31.5 Å². The number of anilines is 1. The summed E-state index contributed by atoms with van der Waals surface area (Å²) in [4.78, 5) is 12.6. The zero-order valence-electron chi connectivity index (χ0n) is 13.6. The number of esters is 1. The number of rotatable bonds is 6. The second kappa shape index (κ2) is 8.15. The van der Waals surface area contributed by atoms with E-state index in [9.17, 15) is 9.18 Å². The molecule has 0 aliphatic carbocycles. The Morgan fingerprint density at radius 2 is 1.96 bits per heavy atom. The summed E-state index contributed by atoms with van der Waals surface area (Å²) >= 11 is 3.11. The predicted molar refractivity (Wildman–Crippen MR) is 95.1 cm³/mol. The Balaban J connectivity index is 2.44. The lowest BCUT2D eigenvalue weighted by Crippen LogP contribution is -2.16. The van der Waals surface area contributed by atoms with Crippen LogP contribution in [0, 0.1) is 12.7 Å². The fourth-order valence-electron chi connectivity index (χ4n) is 2.16. The molecule has 0 atom stereocenters. The van der Waals surface area contributed by atoms with Crippen LogP contribution in [0.25, 0.3) is 0 Å². The molecule has 0 aliphatic heterocycles. The molecule has 0 spiro atoms. The van der Waals surface area contributed by atoms with Gasteiger partial charge in [0.25, 0.3) is 0 Å². The number of carbonyl (C=O) groups is 1. The Bertz CT molecular complexity index is 735. The molecular weight excluding hydrogens is 377 g/mol. The number of halogens is 2. The van der Waals surface area contributed by atoms with E-state index in [1.165, 1.54) is 6.92 Å². The van der Waals surface area contributed by atoms with Gasteiger partial charge in [0.2, 0.25) is 0 Å². The van der Waals surface area contributed by atoms with E-state index in [1.54, 1.807) is 30.3 Å². The summed E-state index contributed by atoms with van der Waals surface area (Å²) in [6, 6.07) is 8.57. The summed E-state index contributed by atoms with van der Waals surface area (Å²) in [7, 11) is 0. The van der Waals surface area contributed by atoms with Crippen molar-refractivity contribution in [2.24, 2.45) is 0 Å². The van der Waals surface area contributed by atoms with Crippen molar-refractivity contribution in [1.82, 2.24) is 0 Å². The average Bonchev–Trinajstić information content (AvgIpc) is 2.58. The number of benzene rings is 2. The first-order chi connectivity index (χ1) is 11.5. The fourth-order valence-corrected chi connectivity index (χ4v) is 2.64. The van der Waals surface area contributed by atoms with Crippen LogP contribution in [0.15, 0.2) is 34.8 Å². The Labute approximate surface area is 148 Å². The first-order valence-corrected chi connectivity index (χ1v) is 8.43. The topological polar surface area (TPSA) is 61.5 Å². The van der Waals surface area contributed by atoms with Crippen molar-refractivity contribution >= 4 is 27.6 Å². The molecule has 2 aromatic carbocycles. The third kappa shape index (κ3) is 3.87. The molecule has 4 nitrogen and oxygen atoms in total. The lowest BCUT2D eigenvalue weighted by molar-refractivity contribution is 0.0728. The molecule has 0 bridgehead atoms. The molecule has 0 amide bonds. The normalized spacial score (nSPS) is 10.5. The highest BCUT2D eigenvalue weighted by molar-refractivity contribution is 9.10. The lowest BCUT2D eigenvalue weighted by Gasteiger charge is -2.17. The molecule has 0 saturated heterocycles. The summed E-state index contributed by atoms with van der Waals surface area (Å²) in [6.45, 7) is 3.89. The standard InChI is InChI=1S/C18H19BrFNO3/c1-3-4-10-23-17-13(11(2)15(20)14(19)16(17)21)18(22)24-12-8-6-5-7-9-12/h5-9H,3-4,10,21H2,1-2H3. The number of hydrogen-bond acceptors (Lipinski definition) is 4. The Hall–Kier alpha value is -2.08. The van der Waals surface area contributed by atoms with E-state index in [2.05, 4.69) is 15.9 Å². The van der Waals surface area contributed by atoms with Gasteiger partial charge >= 0.3 is 5.97 Å². The van der Waals surface area contributed by atoms with Crippen LogP contribution in [0.1, 0.15) is 35.7 Å². The molecule has 0 radical (unpaired) electrons. The van der Waals surface area contributed by atoms with E-state index < -0.39 is 11.8 Å². The van der Waals surface area contributed by atoms with Crippen LogP contribution in [0.3, 0.4) is 0 Å². The van der Waals surface area contributed by atoms with Crippen molar-refractivity contribution in [1.29, 1.82) is 0 Å². The molecule has 0 aliphatic rings. The van der Waals surface area contributed by atoms with Crippen LogP contribution >= 0.6 is 15.9 Å². The minimum atomic E-state index is -0.705. The molecule has 2 rings (SSSR count). The van der Waals surface area contributed by atoms with E-state index in [0.29, 0.717) is 12.4 Å². The maximum atomic E-state index is 14.3. The Kier molecular flexibility index (Phi) is 6.20. The van der Waals surface area contributed by atoms with Crippen molar-refractivity contribution in [2.75, 3.05) is 12.3 Å². The van der Waals surface area contributed by atoms with E-state index >= 15 is 0 Å². The minimum absolute atomic E-state index is 0.00755. The van der Waals surface area contributed by atoms with Crippen LogP contribution in [-0.2, 0) is 0 Å². The fraction of sp³-hybridized carbons (Fsp3) is 0.278. The van der Waals surface area contributed by atoms with Gasteiger partial charge in [-0.15, -0.1) is 0 Å². The molecule has 2 aromatic rings. The summed E-state index contributed by atoms with van der Waals surface area (Å²) in [5.74, 6) is -0.794. The molecule has 0 unspecified atom stereocenters. The highest BCUT2D eigenvalue weighted by Crippen LogP contribution is 2.39. The molecule has 2 N–H and O–H groups in total. The molecule has 0 saturated carbocycles. The van der Waals surface area contributed by atoms with Crippen LogP contribution in [0.5, 0.6) is 11.5 Å². The molecule has 0 heterocycles. The smallest absolute Gasteiger partial charge is 0.347 e. The second-order valence-corrected chi connectivity index (χ2v) is 6.07. The van der Waals surface area contributed by atoms with Crippen molar-refractivity contribution < 1.29 is 18.7 Å². The van der Waals surface area contributed by atoms with Crippen LogP contribution in [-0.4, -0.2) is 12.6 Å². The maximum Gasteiger partial charge on any atom is 0.347 e. The number of nitrogen functional groups attached to an aromatic ring is 1. The average molecular weight is 396 g/mol. The summed E-state index contributed by atoms with van der Waals surface area (Å²) in [5.41, 5.74) is 6.13. The van der Waals surface area contributed by atoms with Gasteiger partial charge in [-0.3, -0.25) is 0 Å². The quantitative estimate of drug-likeness (QED) is 0.327. The molecule has 0 aromatic heterocycles. The van der Waals surface area contributed by atoms with Gasteiger partial charge in [0.05, 0.1) is 16.8 Å². The number of hydrogen-bond donors (Lipinski definition) is 1. The molecule has 0 fully saturated rings. The zero-order chi connectivity index (χ0) is 17.7. The molecular formula is C18H19BrFNO3. The van der Waals surface area contributed by atoms with Gasteiger partial charge in [-0.25, -0.2) is 9.18 Å². The number of nitrogens with two attached hydrogens (primary N) is 1. The van der Waals surface area contributed by atoms with Crippen molar-refractivity contribution in [2.45, 2.75) is 26.7 Å². The van der Waals surface area contributed by atoms with Crippen LogP contribution < -0.4 is 15.2 Å². The van der Waals surface area contributed by atoms with Crippen LogP contribution in [0.2, 0.25) is 0 Å². The second-order valence-electron chi connectivity index (χ2n) is 5.28. The maximum absolute atomic E-state index is 14.3. The van der Waals surface area contributed by atoms with Gasteiger partial charge in [0.15, 0.2) is 5.75 Å². The van der Waals surface area contributed by atoms with E-state index in [4.69, 9.17) is 15.2 Å². The van der Waals surface area contributed by atoms with Gasteiger partial charge in [0, 0.05) is 5.56 Å². The van der Waals surface area contributed by atoms with E-state index in [1.807, 2.05) is 6.92 Å². The summed E-state index contributed by atoms with van der Waals surface area (Å²) in [5, 5.41) is 0. The third-order valence-electron chi connectivity index (χ3n) is 3.51. The predicted octanol–water partition coefficient (Wildman–Crippen LogP) is 4.88. The Morgan fingerprint density at radius 3 is 2.58 bits per heavy atom. The lowest BCUT2D eigenvalue weighted by atomic mass is 10.1. The Morgan fingerprint density at radius 1 is 1.29 bits per heavy atom. The van der Waals surface area contributed by atoms with Crippen molar-refractivity contribution in [3.8, 4) is 11.5 Å². The largest absolute Gasteiger partial charge is 0.490 e. The van der Waals surface area contributed by atoms with Gasteiger partial charge in [-0.05, 0) is 41.4 Å². The summed E-state index contributed by atoms with van der Waals surface area (Å²) < 4.78 is 25.4. The van der Waals surface area contributed by atoms with Gasteiger partial charge in [-0.2, -0.15) is 0 Å². The van der Waals surface area contributed by atoms with Gasteiger partial charge in [0.1, 0.15) is 17.1 Å². The number of ether oxygens (including phenoxy) is 2. The number of unbranched alkanes of at least 4 members (excludes halogenated alkanes) is 1. The first kappa shape index (κ1) is 18.3. The summed E-state index contributed by atoms with van der Waals surface area (Å²) in [6.07, 6.45) is 1.71.